The predicted octanol–water partition coefficient (Wildman–Crippen LogP) is 3.44. The van der Waals surface area contributed by atoms with Crippen LogP contribution in [0.25, 0.3) is 0 Å². The summed E-state index contributed by atoms with van der Waals surface area (Å²) in [5.41, 5.74) is 7.21. The van der Waals surface area contributed by atoms with Crippen molar-refractivity contribution in [2.24, 2.45) is 17.6 Å². The zero-order valence-corrected chi connectivity index (χ0v) is 13.6. The lowest BCUT2D eigenvalue weighted by Crippen LogP contribution is -2.38. The molecule has 2 rings (SSSR count). The summed E-state index contributed by atoms with van der Waals surface area (Å²) >= 11 is 0. The van der Waals surface area contributed by atoms with E-state index in [-0.39, 0.29) is 30.3 Å². The third-order valence-corrected chi connectivity index (χ3v) is 4.43. The first-order valence-corrected chi connectivity index (χ1v) is 7.76. The molecule has 1 aromatic rings. The van der Waals surface area contributed by atoms with Gasteiger partial charge in [-0.15, -0.1) is 12.4 Å². The van der Waals surface area contributed by atoms with Gasteiger partial charge in [-0.25, -0.2) is 0 Å². The molecule has 0 heterocycles. The van der Waals surface area contributed by atoms with E-state index in [1.54, 1.807) is 0 Å². The summed E-state index contributed by atoms with van der Waals surface area (Å²) in [4.78, 5) is 12.2. The second-order valence-electron chi connectivity index (χ2n) is 5.97. The van der Waals surface area contributed by atoms with E-state index in [4.69, 9.17) is 5.73 Å². The first-order chi connectivity index (χ1) is 9.68. The zero-order valence-electron chi connectivity index (χ0n) is 12.8. The molecule has 0 aromatic heterocycles. The average Bonchev–Trinajstić information content (AvgIpc) is 2.53. The smallest absolute Gasteiger partial charge is 0.224 e. The molecule has 1 aliphatic carbocycles. The van der Waals surface area contributed by atoms with Gasteiger partial charge in [0.1, 0.15) is 0 Å². The Balaban J connectivity index is 0.00000220. The molecule has 21 heavy (non-hydrogen) atoms. The second-order valence-corrected chi connectivity index (χ2v) is 5.97. The number of carbonyl (C=O) groups excluding carboxylic acids is 1. The molecule has 3 nitrogen and oxygen atoms in total. The fraction of sp³-hybridized carbons (Fsp3) is 0.588. The van der Waals surface area contributed by atoms with Gasteiger partial charge in [-0.3, -0.25) is 4.79 Å². The number of hydrogen-bond acceptors (Lipinski definition) is 2. The summed E-state index contributed by atoms with van der Waals surface area (Å²) in [5.74, 6) is 0.542. The van der Waals surface area contributed by atoms with Crippen LogP contribution in [0, 0.1) is 11.8 Å². The molecule has 118 valence electrons. The van der Waals surface area contributed by atoms with Crippen LogP contribution >= 0.6 is 12.4 Å². The molecule has 0 aliphatic heterocycles. The van der Waals surface area contributed by atoms with Crippen molar-refractivity contribution >= 4 is 18.3 Å². The van der Waals surface area contributed by atoms with Crippen LogP contribution in [0.15, 0.2) is 30.3 Å². The Morgan fingerprint density at radius 2 is 1.86 bits per heavy atom. The van der Waals surface area contributed by atoms with Gasteiger partial charge >= 0.3 is 0 Å². The van der Waals surface area contributed by atoms with Gasteiger partial charge in [-0.05, 0) is 24.3 Å². The minimum Gasteiger partial charge on any atom is -0.356 e. The minimum absolute atomic E-state index is 0. The van der Waals surface area contributed by atoms with Crippen molar-refractivity contribution < 1.29 is 4.79 Å². The van der Waals surface area contributed by atoms with Crippen LogP contribution in [0.2, 0.25) is 0 Å². The third kappa shape index (κ3) is 5.33. The van der Waals surface area contributed by atoms with Crippen LogP contribution in [0.4, 0.5) is 0 Å². The van der Waals surface area contributed by atoms with Crippen molar-refractivity contribution in [3.05, 3.63) is 35.9 Å². The van der Waals surface area contributed by atoms with Crippen LogP contribution in [0.3, 0.4) is 0 Å². The number of amides is 1. The molecular weight excluding hydrogens is 284 g/mol. The van der Waals surface area contributed by atoms with Gasteiger partial charge in [-0.2, -0.15) is 0 Å². The van der Waals surface area contributed by atoms with Crippen molar-refractivity contribution in [3.63, 3.8) is 0 Å². The standard InChI is InChI=1S/C17H26N2O.ClH/c1-13(16(18)15-10-6-3-7-11-15)17(20)19-12-14-8-4-2-5-9-14;/h3,6-7,10-11,13-14,16H,2,4-5,8-9,12,18H2,1H3,(H,19,20);1H. The molecule has 1 aromatic carbocycles. The van der Waals surface area contributed by atoms with E-state index in [0.717, 1.165) is 12.1 Å². The largest absolute Gasteiger partial charge is 0.356 e. The Kier molecular flexibility index (Phi) is 7.76. The molecule has 0 saturated heterocycles. The molecule has 2 unspecified atom stereocenters. The number of carbonyl (C=O) groups is 1. The molecule has 1 saturated carbocycles. The van der Waals surface area contributed by atoms with Crippen LogP contribution in [-0.4, -0.2) is 12.5 Å². The summed E-state index contributed by atoms with van der Waals surface area (Å²) in [6.07, 6.45) is 6.46. The highest BCUT2D eigenvalue weighted by Gasteiger charge is 2.23. The second kappa shape index (κ2) is 9.06. The maximum absolute atomic E-state index is 12.2. The lowest BCUT2D eigenvalue weighted by Gasteiger charge is -2.24. The highest BCUT2D eigenvalue weighted by atomic mass is 35.5. The van der Waals surface area contributed by atoms with Gasteiger partial charge in [0.15, 0.2) is 0 Å². The topological polar surface area (TPSA) is 55.1 Å². The van der Waals surface area contributed by atoms with Crippen LogP contribution in [-0.2, 0) is 4.79 Å². The summed E-state index contributed by atoms with van der Waals surface area (Å²) in [6.45, 7) is 2.72. The number of hydrogen-bond donors (Lipinski definition) is 2. The average molecular weight is 311 g/mol. The normalized spacial score (nSPS) is 18.4. The Hall–Kier alpha value is -1.06. The van der Waals surface area contributed by atoms with Gasteiger partial charge in [-0.1, -0.05) is 56.5 Å². The van der Waals surface area contributed by atoms with Gasteiger partial charge in [0.25, 0.3) is 0 Å². The van der Waals surface area contributed by atoms with E-state index in [1.807, 2.05) is 37.3 Å². The Morgan fingerprint density at radius 3 is 2.48 bits per heavy atom. The summed E-state index contributed by atoms with van der Waals surface area (Å²) < 4.78 is 0. The van der Waals surface area contributed by atoms with Crippen molar-refractivity contribution in [1.82, 2.24) is 5.32 Å². The molecule has 3 N–H and O–H groups in total. The molecule has 2 atom stereocenters. The molecular formula is C17H27ClN2O. The fourth-order valence-electron chi connectivity index (χ4n) is 2.92. The Bertz CT molecular complexity index is 418. The van der Waals surface area contributed by atoms with Crippen molar-refractivity contribution in [2.75, 3.05) is 6.54 Å². The highest BCUT2D eigenvalue weighted by molar-refractivity contribution is 5.85. The molecule has 1 fully saturated rings. The van der Waals surface area contributed by atoms with E-state index in [1.165, 1.54) is 32.1 Å². The molecule has 1 aliphatic rings. The Morgan fingerprint density at radius 1 is 1.24 bits per heavy atom. The number of rotatable bonds is 5. The quantitative estimate of drug-likeness (QED) is 0.875. The maximum Gasteiger partial charge on any atom is 0.224 e. The summed E-state index contributed by atoms with van der Waals surface area (Å²) in [6, 6.07) is 9.61. The van der Waals surface area contributed by atoms with Crippen LogP contribution in [0.1, 0.15) is 50.6 Å². The number of nitrogens with one attached hydrogen (secondary N) is 1. The van der Waals surface area contributed by atoms with E-state index in [9.17, 15) is 4.79 Å². The summed E-state index contributed by atoms with van der Waals surface area (Å²) in [7, 11) is 0. The monoisotopic (exact) mass is 310 g/mol. The lowest BCUT2D eigenvalue weighted by molar-refractivity contribution is -0.125. The summed E-state index contributed by atoms with van der Waals surface area (Å²) in [5, 5.41) is 3.08. The maximum atomic E-state index is 12.2. The predicted molar refractivity (Wildman–Crippen MR) is 89.4 cm³/mol. The molecule has 0 spiro atoms. The van der Waals surface area contributed by atoms with Gasteiger partial charge in [0.05, 0.1) is 5.92 Å². The van der Waals surface area contributed by atoms with E-state index in [0.29, 0.717) is 5.92 Å². The zero-order chi connectivity index (χ0) is 14.4. The van der Waals surface area contributed by atoms with Crippen molar-refractivity contribution in [2.45, 2.75) is 45.1 Å². The number of benzene rings is 1. The fourth-order valence-corrected chi connectivity index (χ4v) is 2.92. The highest BCUT2D eigenvalue weighted by Crippen LogP contribution is 2.23. The molecule has 0 bridgehead atoms. The van der Waals surface area contributed by atoms with Gasteiger partial charge < -0.3 is 11.1 Å². The minimum atomic E-state index is -0.234. The van der Waals surface area contributed by atoms with Crippen LogP contribution < -0.4 is 11.1 Å². The van der Waals surface area contributed by atoms with E-state index < -0.39 is 0 Å². The molecule has 4 heteroatoms. The number of halogens is 1. The van der Waals surface area contributed by atoms with E-state index >= 15 is 0 Å². The van der Waals surface area contributed by atoms with Crippen molar-refractivity contribution in [1.29, 1.82) is 0 Å². The first-order valence-electron chi connectivity index (χ1n) is 7.76. The van der Waals surface area contributed by atoms with Crippen molar-refractivity contribution in [3.8, 4) is 0 Å². The number of nitrogens with two attached hydrogens (primary N) is 1. The SMILES string of the molecule is CC(C(=O)NCC1CCCCC1)C(N)c1ccccc1.Cl. The third-order valence-electron chi connectivity index (χ3n) is 4.43. The van der Waals surface area contributed by atoms with Gasteiger partial charge in [0.2, 0.25) is 5.91 Å². The Labute approximate surface area is 134 Å². The molecule has 0 radical (unpaired) electrons. The lowest BCUT2D eigenvalue weighted by atomic mass is 9.89. The first kappa shape index (κ1) is 18.0. The van der Waals surface area contributed by atoms with Crippen LogP contribution in [0.5, 0.6) is 0 Å². The van der Waals surface area contributed by atoms with E-state index in [2.05, 4.69) is 5.32 Å². The van der Waals surface area contributed by atoms with Gasteiger partial charge in [0, 0.05) is 12.6 Å². The molecule has 1 amide bonds.